The predicted molar refractivity (Wildman–Crippen MR) is 50.9 cm³/mol. The second-order valence-electron chi connectivity index (χ2n) is 2.87. The Bertz CT molecular complexity index is 73.9. The molecule has 0 spiro atoms. The highest BCUT2D eigenvalue weighted by Gasteiger charge is 1.99. The van der Waals surface area contributed by atoms with Crippen molar-refractivity contribution in [2.75, 3.05) is 13.2 Å². The Morgan fingerprint density at radius 1 is 1.17 bits per heavy atom. The summed E-state index contributed by atoms with van der Waals surface area (Å²) in [6, 6.07) is 0. The van der Waals surface area contributed by atoms with Crippen LogP contribution in [0.25, 0.3) is 0 Å². The topological polar surface area (TPSA) is 18.5 Å². The average molecular weight is 173 g/mol. The minimum Gasteiger partial charge on any atom is -0.353 e. The van der Waals surface area contributed by atoms with Crippen LogP contribution in [0.5, 0.6) is 0 Å². The van der Waals surface area contributed by atoms with E-state index in [1.807, 2.05) is 6.92 Å². The molecule has 0 aliphatic heterocycles. The van der Waals surface area contributed by atoms with Gasteiger partial charge in [-0.05, 0) is 19.8 Å². The number of hydrogen-bond acceptors (Lipinski definition) is 2. The van der Waals surface area contributed by atoms with E-state index >= 15 is 0 Å². The largest absolute Gasteiger partial charge is 0.353 e. The highest BCUT2D eigenvalue weighted by molar-refractivity contribution is 4.41. The molecule has 12 heavy (non-hydrogen) atoms. The molecule has 1 atom stereocenters. The molecule has 0 saturated carbocycles. The summed E-state index contributed by atoms with van der Waals surface area (Å²) >= 11 is 0. The van der Waals surface area contributed by atoms with Crippen molar-refractivity contribution in [3.05, 3.63) is 6.92 Å². The van der Waals surface area contributed by atoms with Crippen molar-refractivity contribution in [1.82, 2.24) is 0 Å². The van der Waals surface area contributed by atoms with E-state index in [1.165, 1.54) is 6.42 Å². The molecule has 0 heterocycles. The quantitative estimate of drug-likeness (QED) is 0.415. The van der Waals surface area contributed by atoms with Crippen LogP contribution in [0.3, 0.4) is 0 Å². The van der Waals surface area contributed by atoms with Gasteiger partial charge in [0.05, 0.1) is 0 Å². The van der Waals surface area contributed by atoms with Gasteiger partial charge in [-0.3, -0.25) is 0 Å². The van der Waals surface area contributed by atoms with Crippen LogP contribution in [-0.2, 0) is 9.47 Å². The molecule has 0 fully saturated rings. The molecule has 0 saturated heterocycles. The molecule has 0 aromatic heterocycles. The van der Waals surface area contributed by atoms with Crippen molar-refractivity contribution in [2.24, 2.45) is 0 Å². The highest BCUT2D eigenvalue weighted by Crippen LogP contribution is 1.98. The number of hydrogen-bond donors (Lipinski definition) is 0. The Kier molecular flexibility index (Phi) is 8.95. The van der Waals surface area contributed by atoms with Gasteiger partial charge in [-0.25, -0.2) is 0 Å². The van der Waals surface area contributed by atoms with E-state index < -0.39 is 0 Å². The van der Waals surface area contributed by atoms with E-state index in [1.54, 1.807) is 0 Å². The molecule has 2 nitrogen and oxygen atoms in total. The van der Waals surface area contributed by atoms with Crippen LogP contribution < -0.4 is 0 Å². The first-order valence-electron chi connectivity index (χ1n) is 4.83. The van der Waals surface area contributed by atoms with Gasteiger partial charge in [0.2, 0.25) is 0 Å². The lowest BCUT2D eigenvalue weighted by molar-refractivity contribution is -0.131. The molecule has 0 aliphatic rings. The van der Waals surface area contributed by atoms with Crippen LogP contribution in [0, 0.1) is 6.92 Å². The Morgan fingerprint density at radius 3 is 2.25 bits per heavy atom. The summed E-state index contributed by atoms with van der Waals surface area (Å²) in [6.07, 6.45) is 4.18. The van der Waals surface area contributed by atoms with Gasteiger partial charge in [0.25, 0.3) is 0 Å². The fourth-order valence-electron chi connectivity index (χ4n) is 0.793. The van der Waals surface area contributed by atoms with E-state index in [-0.39, 0.29) is 6.29 Å². The SMILES string of the molecule is [CH2]CCCOC(C)OCCCC. The zero-order valence-electron chi connectivity index (χ0n) is 8.34. The van der Waals surface area contributed by atoms with Gasteiger partial charge >= 0.3 is 0 Å². The Labute approximate surface area is 76.3 Å². The maximum absolute atomic E-state index is 5.39. The molecule has 0 aromatic rings. The van der Waals surface area contributed by atoms with Gasteiger partial charge in [0, 0.05) is 13.2 Å². The van der Waals surface area contributed by atoms with Gasteiger partial charge in [0.1, 0.15) is 0 Å². The Balaban J connectivity index is 3.04. The van der Waals surface area contributed by atoms with Crippen LogP contribution in [0.15, 0.2) is 0 Å². The number of rotatable bonds is 8. The minimum atomic E-state index is -0.0527. The summed E-state index contributed by atoms with van der Waals surface area (Å²) < 4.78 is 10.8. The standard InChI is InChI=1S/C10H21O2/c1-4-6-8-11-10(3)12-9-7-5-2/h10H,1,4-9H2,2-3H3. The maximum Gasteiger partial charge on any atom is 0.154 e. The fraction of sp³-hybridized carbons (Fsp3) is 0.900. The van der Waals surface area contributed by atoms with Gasteiger partial charge in [-0.1, -0.05) is 26.7 Å². The zero-order chi connectivity index (χ0) is 9.23. The molecule has 0 aliphatic carbocycles. The molecule has 1 radical (unpaired) electrons. The smallest absolute Gasteiger partial charge is 0.154 e. The normalized spacial score (nSPS) is 11.0. The molecule has 0 N–H and O–H groups in total. The average Bonchev–Trinajstić information content (AvgIpc) is 2.06. The van der Waals surface area contributed by atoms with Crippen LogP contribution in [-0.4, -0.2) is 19.5 Å². The molecular weight excluding hydrogens is 152 g/mol. The third kappa shape index (κ3) is 8.02. The van der Waals surface area contributed by atoms with Crippen molar-refractivity contribution >= 4 is 0 Å². The third-order valence-corrected chi connectivity index (χ3v) is 1.60. The van der Waals surface area contributed by atoms with Crippen molar-refractivity contribution in [3.63, 3.8) is 0 Å². The van der Waals surface area contributed by atoms with Crippen molar-refractivity contribution in [1.29, 1.82) is 0 Å². The number of unbranched alkanes of at least 4 members (excludes halogenated alkanes) is 2. The van der Waals surface area contributed by atoms with E-state index in [2.05, 4.69) is 13.8 Å². The summed E-state index contributed by atoms with van der Waals surface area (Å²) in [4.78, 5) is 0. The zero-order valence-corrected chi connectivity index (χ0v) is 8.34. The van der Waals surface area contributed by atoms with Gasteiger partial charge < -0.3 is 9.47 Å². The molecule has 0 bridgehead atoms. The van der Waals surface area contributed by atoms with Crippen molar-refractivity contribution in [2.45, 2.75) is 45.8 Å². The van der Waals surface area contributed by atoms with Crippen LogP contribution in [0.4, 0.5) is 0 Å². The fourth-order valence-corrected chi connectivity index (χ4v) is 0.793. The van der Waals surface area contributed by atoms with Crippen LogP contribution >= 0.6 is 0 Å². The third-order valence-electron chi connectivity index (χ3n) is 1.60. The van der Waals surface area contributed by atoms with E-state index in [9.17, 15) is 0 Å². The molecule has 0 amide bonds. The predicted octanol–water partition coefficient (Wildman–Crippen LogP) is 2.78. The van der Waals surface area contributed by atoms with Crippen LogP contribution in [0.1, 0.15) is 39.5 Å². The van der Waals surface area contributed by atoms with Gasteiger partial charge in [0.15, 0.2) is 6.29 Å². The Hall–Kier alpha value is -0.0800. The van der Waals surface area contributed by atoms with Gasteiger partial charge in [-0.2, -0.15) is 0 Å². The highest BCUT2D eigenvalue weighted by atomic mass is 16.7. The minimum absolute atomic E-state index is 0.0527. The van der Waals surface area contributed by atoms with E-state index in [4.69, 9.17) is 9.47 Å². The lowest BCUT2D eigenvalue weighted by Crippen LogP contribution is -2.14. The molecule has 73 valence electrons. The first-order chi connectivity index (χ1) is 5.81. The number of ether oxygens (including phenoxy) is 2. The second kappa shape index (κ2) is 9.01. The molecule has 0 rings (SSSR count). The molecule has 1 unspecified atom stereocenters. The summed E-state index contributed by atoms with van der Waals surface area (Å²) in [6.45, 7) is 9.40. The first-order valence-corrected chi connectivity index (χ1v) is 4.83. The monoisotopic (exact) mass is 173 g/mol. The summed E-state index contributed by atoms with van der Waals surface area (Å²) in [5.74, 6) is 0. The van der Waals surface area contributed by atoms with Crippen molar-refractivity contribution in [3.8, 4) is 0 Å². The maximum atomic E-state index is 5.39. The Morgan fingerprint density at radius 2 is 1.75 bits per heavy atom. The summed E-state index contributed by atoms with van der Waals surface area (Å²) in [7, 11) is 0. The lowest BCUT2D eigenvalue weighted by atomic mass is 10.4. The first kappa shape index (κ1) is 11.9. The van der Waals surface area contributed by atoms with E-state index in [0.29, 0.717) is 0 Å². The van der Waals surface area contributed by atoms with E-state index in [0.717, 1.165) is 32.5 Å². The summed E-state index contributed by atoms with van der Waals surface area (Å²) in [5.41, 5.74) is 0. The van der Waals surface area contributed by atoms with Crippen LogP contribution in [0.2, 0.25) is 0 Å². The lowest BCUT2D eigenvalue weighted by Gasteiger charge is -2.13. The molecular formula is C10H21O2. The van der Waals surface area contributed by atoms with Crippen molar-refractivity contribution < 1.29 is 9.47 Å². The second-order valence-corrected chi connectivity index (χ2v) is 2.87. The summed E-state index contributed by atoms with van der Waals surface area (Å²) in [5, 5.41) is 0. The van der Waals surface area contributed by atoms with Gasteiger partial charge in [-0.15, -0.1) is 0 Å². The molecule has 2 heteroatoms. The molecule has 0 aromatic carbocycles.